The van der Waals surface area contributed by atoms with E-state index in [2.05, 4.69) is 10.3 Å². The van der Waals surface area contributed by atoms with Gasteiger partial charge in [-0.05, 0) is 62.2 Å². The van der Waals surface area contributed by atoms with E-state index in [1.165, 1.54) is 24.6 Å². The average Bonchev–Trinajstić information content (AvgIpc) is 3.21. The van der Waals surface area contributed by atoms with E-state index in [0.717, 1.165) is 29.3 Å². The molecule has 0 spiro atoms. The summed E-state index contributed by atoms with van der Waals surface area (Å²) >= 11 is 1.41. The van der Waals surface area contributed by atoms with Crippen LogP contribution < -0.4 is 14.8 Å². The smallest absolute Gasteiger partial charge is 0.264 e. The van der Waals surface area contributed by atoms with Gasteiger partial charge in [-0.2, -0.15) is 0 Å². The molecule has 0 unspecified atom stereocenters. The number of carbonyl (C=O) groups is 1. The molecular formula is C19H24N2O3S. The van der Waals surface area contributed by atoms with Gasteiger partial charge in [-0.3, -0.25) is 9.79 Å². The molecule has 1 saturated heterocycles. The SMILES string of the molecule is CCOc1ccc(/C=C2\SC(=NC3CCCC3)NC2=O)cc1OCC. The van der Waals surface area contributed by atoms with Gasteiger partial charge >= 0.3 is 0 Å². The van der Waals surface area contributed by atoms with Crippen LogP contribution in [-0.2, 0) is 4.79 Å². The summed E-state index contributed by atoms with van der Waals surface area (Å²) in [7, 11) is 0. The summed E-state index contributed by atoms with van der Waals surface area (Å²) in [5.41, 5.74) is 0.909. The van der Waals surface area contributed by atoms with Gasteiger partial charge in [-0.15, -0.1) is 0 Å². The molecule has 6 heteroatoms. The normalized spacial score (nSPS) is 21.1. The van der Waals surface area contributed by atoms with Crippen LogP contribution in [0.2, 0.25) is 0 Å². The molecule has 1 aromatic carbocycles. The van der Waals surface area contributed by atoms with Gasteiger partial charge in [-0.1, -0.05) is 18.9 Å². The van der Waals surface area contributed by atoms with E-state index in [-0.39, 0.29) is 5.91 Å². The van der Waals surface area contributed by atoms with Crippen LogP contribution in [0, 0.1) is 0 Å². The maximum absolute atomic E-state index is 12.2. The van der Waals surface area contributed by atoms with Crippen LogP contribution in [0.15, 0.2) is 28.1 Å². The number of nitrogens with zero attached hydrogens (tertiary/aromatic N) is 1. The third-order valence-electron chi connectivity index (χ3n) is 4.14. The highest BCUT2D eigenvalue weighted by molar-refractivity contribution is 8.18. The molecule has 3 rings (SSSR count). The number of nitrogens with one attached hydrogen (secondary N) is 1. The second-order valence-electron chi connectivity index (χ2n) is 6.01. The number of amides is 1. The fourth-order valence-corrected chi connectivity index (χ4v) is 3.89. The fraction of sp³-hybridized carbons (Fsp3) is 0.474. The molecule has 1 heterocycles. The van der Waals surface area contributed by atoms with Gasteiger partial charge in [0.25, 0.3) is 5.91 Å². The predicted octanol–water partition coefficient (Wildman–Crippen LogP) is 3.99. The summed E-state index contributed by atoms with van der Waals surface area (Å²) in [4.78, 5) is 17.5. The molecule has 134 valence electrons. The molecule has 1 aromatic rings. The lowest BCUT2D eigenvalue weighted by atomic mass is 10.2. The van der Waals surface area contributed by atoms with Gasteiger partial charge in [0.15, 0.2) is 16.7 Å². The van der Waals surface area contributed by atoms with Crippen LogP contribution in [0.3, 0.4) is 0 Å². The van der Waals surface area contributed by atoms with Crippen LogP contribution in [0.4, 0.5) is 0 Å². The van der Waals surface area contributed by atoms with Crippen molar-refractivity contribution in [3.05, 3.63) is 28.7 Å². The summed E-state index contributed by atoms with van der Waals surface area (Å²) in [6.45, 7) is 5.02. The molecule has 2 aliphatic rings. The van der Waals surface area contributed by atoms with Crippen LogP contribution in [0.5, 0.6) is 11.5 Å². The molecule has 1 N–H and O–H groups in total. The van der Waals surface area contributed by atoms with E-state index < -0.39 is 0 Å². The van der Waals surface area contributed by atoms with Gasteiger partial charge < -0.3 is 14.8 Å². The summed E-state index contributed by atoms with van der Waals surface area (Å²) < 4.78 is 11.2. The molecule has 0 aromatic heterocycles. The maximum atomic E-state index is 12.2. The number of hydrogen-bond donors (Lipinski definition) is 1. The number of hydrogen-bond acceptors (Lipinski definition) is 5. The van der Waals surface area contributed by atoms with Crippen molar-refractivity contribution in [3.8, 4) is 11.5 Å². The highest BCUT2D eigenvalue weighted by Gasteiger charge is 2.25. The van der Waals surface area contributed by atoms with Gasteiger partial charge in [0.05, 0.1) is 24.2 Å². The van der Waals surface area contributed by atoms with Crippen molar-refractivity contribution >= 4 is 28.9 Å². The molecule has 0 atom stereocenters. The Bertz CT molecular complexity index is 694. The molecule has 1 aliphatic heterocycles. The third-order valence-corrected chi connectivity index (χ3v) is 5.06. The minimum Gasteiger partial charge on any atom is -0.490 e. The lowest BCUT2D eigenvalue weighted by Crippen LogP contribution is -2.21. The zero-order chi connectivity index (χ0) is 17.6. The Labute approximate surface area is 152 Å². The van der Waals surface area contributed by atoms with Crippen molar-refractivity contribution in [2.24, 2.45) is 4.99 Å². The van der Waals surface area contributed by atoms with Crippen LogP contribution in [0.25, 0.3) is 6.08 Å². The molecule has 1 amide bonds. The lowest BCUT2D eigenvalue weighted by Gasteiger charge is -2.11. The van der Waals surface area contributed by atoms with E-state index in [4.69, 9.17) is 9.47 Å². The Balaban J connectivity index is 1.77. The van der Waals surface area contributed by atoms with Gasteiger partial charge in [0.1, 0.15) is 0 Å². The van der Waals surface area contributed by atoms with Gasteiger partial charge in [-0.25, -0.2) is 0 Å². The van der Waals surface area contributed by atoms with Crippen molar-refractivity contribution in [3.63, 3.8) is 0 Å². The Morgan fingerprint density at radius 1 is 1.20 bits per heavy atom. The average molecular weight is 360 g/mol. The second-order valence-corrected chi connectivity index (χ2v) is 7.04. The first-order valence-electron chi connectivity index (χ1n) is 8.88. The molecule has 1 saturated carbocycles. The predicted molar refractivity (Wildman–Crippen MR) is 102 cm³/mol. The highest BCUT2D eigenvalue weighted by atomic mass is 32.2. The van der Waals surface area contributed by atoms with Gasteiger partial charge in [0.2, 0.25) is 0 Å². The van der Waals surface area contributed by atoms with E-state index in [9.17, 15) is 4.79 Å². The van der Waals surface area contributed by atoms with Crippen molar-refractivity contribution < 1.29 is 14.3 Å². The molecule has 0 radical (unpaired) electrons. The van der Waals surface area contributed by atoms with E-state index >= 15 is 0 Å². The van der Waals surface area contributed by atoms with Crippen molar-refractivity contribution in [1.82, 2.24) is 5.32 Å². The number of aliphatic imine (C=N–C) groups is 1. The molecular weight excluding hydrogens is 336 g/mol. The van der Waals surface area contributed by atoms with Crippen LogP contribution in [-0.4, -0.2) is 30.3 Å². The second kappa shape index (κ2) is 8.43. The quantitative estimate of drug-likeness (QED) is 0.780. The first kappa shape index (κ1) is 17.9. The van der Waals surface area contributed by atoms with Crippen LogP contribution in [0.1, 0.15) is 45.1 Å². The molecule has 25 heavy (non-hydrogen) atoms. The number of rotatable bonds is 6. The van der Waals surface area contributed by atoms with Crippen molar-refractivity contribution in [1.29, 1.82) is 0 Å². The summed E-state index contributed by atoms with van der Waals surface area (Å²) in [5.74, 6) is 1.33. The minimum absolute atomic E-state index is 0.0893. The zero-order valence-electron chi connectivity index (χ0n) is 14.7. The summed E-state index contributed by atoms with van der Waals surface area (Å²) in [5, 5.41) is 3.59. The zero-order valence-corrected chi connectivity index (χ0v) is 15.5. The Morgan fingerprint density at radius 2 is 1.92 bits per heavy atom. The summed E-state index contributed by atoms with van der Waals surface area (Å²) in [6, 6.07) is 6.07. The Kier molecular flexibility index (Phi) is 6.02. The summed E-state index contributed by atoms with van der Waals surface area (Å²) in [6.07, 6.45) is 6.57. The van der Waals surface area contributed by atoms with Gasteiger partial charge in [0, 0.05) is 0 Å². The number of amidine groups is 1. The topological polar surface area (TPSA) is 59.9 Å². The number of benzene rings is 1. The first-order chi connectivity index (χ1) is 12.2. The third kappa shape index (κ3) is 4.57. The van der Waals surface area contributed by atoms with Crippen molar-refractivity contribution in [2.75, 3.05) is 13.2 Å². The Hall–Kier alpha value is -1.95. The molecule has 1 aliphatic carbocycles. The molecule has 2 fully saturated rings. The monoisotopic (exact) mass is 360 g/mol. The number of ether oxygens (including phenoxy) is 2. The number of thioether (sulfide) groups is 1. The van der Waals surface area contributed by atoms with Crippen LogP contribution >= 0.6 is 11.8 Å². The molecule has 0 bridgehead atoms. The lowest BCUT2D eigenvalue weighted by molar-refractivity contribution is -0.115. The first-order valence-corrected chi connectivity index (χ1v) is 9.69. The minimum atomic E-state index is -0.0893. The highest BCUT2D eigenvalue weighted by Crippen LogP contribution is 2.32. The van der Waals surface area contributed by atoms with E-state index in [1.807, 2.05) is 38.1 Å². The van der Waals surface area contributed by atoms with E-state index in [1.54, 1.807) is 0 Å². The largest absolute Gasteiger partial charge is 0.490 e. The van der Waals surface area contributed by atoms with E-state index in [0.29, 0.717) is 29.9 Å². The maximum Gasteiger partial charge on any atom is 0.264 e. The molecule has 5 nitrogen and oxygen atoms in total. The Morgan fingerprint density at radius 3 is 2.64 bits per heavy atom. The standard InChI is InChI=1S/C19H24N2O3S/c1-3-23-15-10-9-13(11-16(15)24-4-2)12-17-18(22)21-19(25-17)20-14-7-5-6-8-14/h9-12,14H,3-8H2,1-2H3,(H,20,21,22)/b17-12-. The van der Waals surface area contributed by atoms with Crippen molar-refractivity contribution in [2.45, 2.75) is 45.6 Å². The fourth-order valence-electron chi connectivity index (χ4n) is 3.00. The number of carbonyl (C=O) groups excluding carboxylic acids is 1.